The summed E-state index contributed by atoms with van der Waals surface area (Å²) in [5, 5.41) is 2.47. The lowest BCUT2D eigenvalue weighted by atomic mass is 9.84. The minimum Gasteiger partial charge on any atom is -0.359 e. The van der Waals surface area contributed by atoms with Crippen molar-refractivity contribution < 1.29 is 0 Å². The summed E-state index contributed by atoms with van der Waals surface area (Å²) >= 11 is 0. The molecule has 0 unspecified atom stereocenters. The van der Waals surface area contributed by atoms with Crippen LogP contribution in [-0.4, -0.2) is 9.55 Å². The summed E-state index contributed by atoms with van der Waals surface area (Å²) in [7, 11) is 0. The van der Waals surface area contributed by atoms with Crippen molar-refractivity contribution in [3.8, 4) is 5.69 Å². The van der Waals surface area contributed by atoms with Crippen LogP contribution in [0, 0.1) is 6.07 Å². The van der Waals surface area contributed by atoms with Crippen LogP contribution in [0.2, 0.25) is 0 Å². The second-order valence-corrected chi connectivity index (χ2v) is 9.23. The number of nitrogens with one attached hydrogen (secondary N) is 1. The molecule has 2 nitrogen and oxygen atoms in total. The van der Waals surface area contributed by atoms with Crippen molar-refractivity contribution in [1.29, 1.82) is 0 Å². The van der Waals surface area contributed by atoms with Crippen LogP contribution in [0.5, 0.6) is 0 Å². The van der Waals surface area contributed by atoms with E-state index in [1.54, 1.807) is 0 Å². The van der Waals surface area contributed by atoms with E-state index in [4.69, 9.17) is 0 Å². The molecule has 1 N–H and O–H groups in total. The minimum absolute atomic E-state index is 0.00739. The van der Waals surface area contributed by atoms with E-state index in [0.717, 1.165) is 5.52 Å². The van der Waals surface area contributed by atoms with Gasteiger partial charge in [0.25, 0.3) is 0 Å². The first-order chi connectivity index (χ1) is 12.2. The molecule has 0 aliphatic heterocycles. The number of nitrogens with zero attached hydrogens (tertiary/aromatic N) is 1. The first-order valence-electron chi connectivity index (χ1n) is 9.32. The van der Waals surface area contributed by atoms with Crippen molar-refractivity contribution in [3.05, 3.63) is 66.0 Å². The largest absolute Gasteiger partial charge is 0.359 e. The number of H-pyrrole nitrogens is 1. The highest BCUT2D eigenvalue weighted by Gasteiger charge is 2.26. The molecule has 0 spiro atoms. The molecule has 2 heteroatoms. The number of rotatable bonds is 1. The summed E-state index contributed by atoms with van der Waals surface area (Å²) in [6.45, 7) is 13.6. The molecular formula is C24H27N2. The summed E-state index contributed by atoms with van der Waals surface area (Å²) in [6.07, 6.45) is 2.12. The van der Waals surface area contributed by atoms with Crippen LogP contribution < -0.4 is 0 Å². The third-order valence-corrected chi connectivity index (χ3v) is 5.08. The summed E-state index contributed by atoms with van der Waals surface area (Å²) in [5.74, 6) is 0. The van der Waals surface area contributed by atoms with Crippen molar-refractivity contribution >= 4 is 21.8 Å². The van der Waals surface area contributed by atoms with Gasteiger partial charge in [-0.2, -0.15) is 0 Å². The van der Waals surface area contributed by atoms with Crippen molar-refractivity contribution in [2.24, 2.45) is 0 Å². The number of aromatic amines is 1. The Morgan fingerprint density at radius 1 is 0.846 bits per heavy atom. The van der Waals surface area contributed by atoms with Crippen molar-refractivity contribution in [2.45, 2.75) is 52.4 Å². The number of hydrogen-bond acceptors (Lipinski definition) is 0. The fourth-order valence-electron chi connectivity index (χ4n) is 3.79. The maximum absolute atomic E-state index is 3.78. The van der Waals surface area contributed by atoms with E-state index in [2.05, 4.69) is 106 Å². The Morgan fingerprint density at radius 2 is 1.58 bits per heavy atom. The van der Waals surface area contributed by atoms with Gasteiger partial charge in [0.2, 0.25) is 0 Å². The molecule has 4 aromatic rings. The summed E-state index contributed by atoms with van der Waals surface area (Å²) in [4.78, 5) is 3.43. The van der Waals surface area contributed by atoms with Crippen LogP contribution in [-0.2, 0) is 10.8 Å². The van der Waals surface area contributed by atoms with Crippen molar-refractivity contribution in [3.63, 3.8) is 0 Å². The molecule has 2 heterocycles. The van der Waals surface area contributed by atoms with Gasteiger partial charge in [-0.25, -0.2) is 0 Å². The highest BCUT2D eigenvalue weighted by atomic mass is 15.0. The van der Waals surface area contributed by atoms with E-state index in [9.17, 15) is 0 Å². The van der Waals surface area contributed by atoms with Gasteiger partial charge in [0, 0.05) is 39.7 Å². The zero-order chi connectivity index (χ0) is 18.7. The normalized spacial score (nSPS) is 13.0. The number of para-hydroxylation sites is 1. The van der Waals surface area contributed by atoms with Gasteiger partial charge in [0.05, 0.1) is 11.2 Å². The van der Waals surface area contributed by atoms with Gasteiger partial charge in [-0.3, -0.25) is 0 Å². The molecule has 2 aromatic carbocycles. The average molecular weight is 343 g/mol. The quantitative estimate of drug-likeness (QED) is 0.407. The Balaban J connectivity index is 2.14. The number of fused-ring (bicyclic) bond motifs is 2. The van der Waals surface area contributed by atoms with E-state index < -0.39 is 0 Å². The zero-order valence-electron chi connectivity index (χ0n) is 16.6. The lowest BCUT2D eigenvalue weighted by Crippen LogP contribution is -2.16. The Labute approximate surface area is 155 Å². The first-order valence-corrected chi connectivity index (χ1v) is 9.32. The molecule has 133 valence electrons. The third-order valence-electron chi connectivity index (χ3n) is 5.08. The fourth-order valence-corrected chi connectivity index (χ4v) is 3.79. The molecule has 26 heavy (non-hydrogen) atoms. The van der Waals surface area contributed by atoms with Gasteiger partial charge in [-0.1, -0.05) is 71.9 Å². The van der Waals surface area contributed by atoms with Gasteiger partial charge in [-0.15, -0.1) is 0 Å². The Morgan fingerprint density at radius 3 is 2.27 bits per heavy atom. The molecule has 2 aromatic heterocycles. The van der Waals surface area contributed by atoms with Gasteiger partial charge in [0.15, 0.2) is 0 Å². The highest BCUT2D eigenvalue weighted by molar-refractivity contribution is 5.93. The smallest absolute Gasteiger partial charge is 0.0712 e. The maximum Gasteiger partial charge on any atom is 0.0712 e. The minimum atomic E-state index is -0.00739. The molecule has 0 amide bonds. The first kappa shape index (κ1) is 17.0. The fraction of sp³-hybridized carbons (Fsp3) is 0.333. The molecule has 0 atom stereocenters. The second kappa shape index (κ2) is 5.51. The SMILES string of the molecule is CC(C)(C)c1cccc2c1[c]c(C(C)(C)C)n2-c1c[nH]c2ccccc12. The van der Waals surface area contributed by atoms with E-state index in [-0.39, 0.29) is 10.8 Å². The molecule has 1 radical (unpaired) electrons. The molecule has 0 fully saturated rings. The van der Waals surface area contributed by atoms with Crippen LogP contribution in [0.25, 0.3) is 27.5 Å². The van der Waals surface area contributed by atoms with E-state index in [1.165, 1.54) is 33.2 Å². The van der Waals surface area contributed by atoms with Gasteiger partial charge >= 0.3 is 0 Å². The van der Waals surface area contributed by atoms with Crippen molar-refractivity contribution in [2.75, 3.05) is 0 Å². The Hall–Kier alpha value is -2.48. The molecule has 0 aliphatic carbocycles. The van der Waals surface area contributed by atoms with E-state index >= 15 is 0 Å². The van der Waals surface area contributed by atoms with Gasteiger partial charge in [0.1, 0.15) is 0 Å². The maximum atomic E-state index is 3.78. The molecule has 0 bridgehead atoms. The van der Waals surface area contributed by atoms with E-state index in [0.29, 0.717) is 0 Å². The molecule has 0 saturated carbocycles. The Kier molecular flexibility index (Phi) is 3.59. The lowest BCUT2D eigenvalue weighted by Gasteiger charge is -2.21. The Bertz CT molecular complexity index is 1090. The standard InChI is InChI=1S/C24H27N2/c1-23(2,3)18-11-9-13-20-17(18)14-22(24(4,5)6)26(20)21-15-25-19-12-8-7-10-16(19)21/h7-13,15,25H,1-6H3. The van der Waals surface area contributed by atoms with Crippen molar-refractivity contribution in [1.82, 2.24) is 9.55 Å². The number of hydrogen-bond donors (Lipinski definition) is 1. The monoisotopic (exact) mass is 343 g/mol. The van der Waals surface area contributed by atoms with Crippen LogP contribution in [0.4, 0.5) is 0 Å². The number of aromatic nitrogens is 2. The van der Waals surface area contributed by atoms with Crippen LogP contribution in [0.3, 0.4) is 0 Å². The zero-order valence-corrected chi connectivity index (χ0v) is 16.6. The predicted octanol–water partition coefficient (Wildman–Crippen LogP) is 6.51. The van der Waals surface area contributed by atoms with Crippen LogP contribution in [0.1, 0.15) is 52.8 Å². The molecule has 0 aliphatic rings. The van der Waals surface area contributed by atoms with Crippen LogP contribution in [0.15, 0.2) is 48.7 Å². The summed E-state index contributed by atoms with van der Waals surface area (Å²) < 4.78 is 2.39. The van der Waals surface area contributed by atoms with Crippen LogP contribution >= 0.6 is 0 Å². The number of benzene rings is 2. The average Bonchev–Trinajstić information content (AvgIpc) is 3.13. The molecule has 0 saturated heterocycles. The molecule has 4 rings (SSSR count). The highest BCUT2D eigenvalue weighted by Crippen LogP contribution is 2.38. The van der Waals surface area contributed by atoms with Gasteiger partial charge in [-0.05, 0) is 23.1 Å². The summed E-state index contributed by atoms with van der Waals surface area (Å²) in [6, 6.07) is 18.9. The third kappa shape index (κ3) is 2.56. The second-order valence-electron chi connectivity index (χ2n) is 9.23. The molecular weight excluding hydrogens is 316 g/mol. The van der Waals surface area contributed by atoms with E-state index in [1.807, 2.05) is 0 Å². The summed E-state index contributed by atoms with van der Waals surface area (Å²) in [5.41, 5.74) is 6.23. The topological polar surface area (TPSA) is 20.7 Å². The van der Waals surface area contributed by atoms with Gasteiger partial charge < -0.3 is 9.55 Å². The lowest BCUT2D eigenvalue weighted by molar-refractivity contribution is 0.559. The predicted molar refractivity (Wildman–Crippen MR) is 111 cm³/mol.